The lowest BCUT2D eigenvalue weighted by molar-refractivity contribution is -0.255. The van der Waals surface area contributed by atoms with Gasteiger partial charge in [-0.3, -0.25) is 0 Å². The lowest BCUT2D eigenvalue weighted by Crippen LogP contribution is -2.60. The molecule has 0 radical (unpaired) electrons. The minimum atomic E-state index is -0.980. The van der Waals surface area contributed by atoms with Crippen LogP contribution >= 0.6 is 0 Å². The maximum atomic E-state index is 10.1. The number of piperidine rings is 1. The summed E-state index contributed by atoms with van der Waals surface area (Å²) in [5.41, 5.74) is -0.370. The summed E-state index contributed by atoms with van der Waals surface area (Å²) >= 11 is 0. The molecular formula is C11H25NO2Si. The molecule has 15 heavy (non-hydrogen) atoms. The average Bonchev–Trinajstić information content (AvgIpc) is 1.97. The maximum Gasteiger partial charge on any atom is 0.171 e. The van der Waals surface area contributed by atoms with E-state index in [9.17, 15) is 5.21 Å². The molecule has 0 bridgehead atoms. The Bertz CT molecular complexity index is 211. The van der Waals surface area contributed by atoms with Crippen molar-refractivity contribution in [2.24, 2.45) is 0 Å². The smallest absolute Gasteiger partial charge is 0.171 e. The van der Waals surface area contributed by atoms with Crippen molar-refractivity contribution >= 4 is 9.04 Å². The number of hydroxylamine groups is 2. The fourth-order valence-corrected chi connectivity index (χ4v) is 3.62. The van der Waals surface area contributed by atoms with E-state index in [-0.39, 0.29) is 11.1 Å². The first-order valence-corrected chi connectivity index (χ1v) is 8.58. The van der Waals surface area contributed by atoms with Gasteiger partial charge in [0.05, 0.1) is 0 Å². The molecule has 90 valence electrons. The number of nitrogens with zero attached hydrogens (tertiary/aromatic N) is 1. The van der Waals surface area contributed by atoms with E-state index in [4.69, 9.17) is 4.43 Å². The van der Waals surface area contributed by atoms with Crippen LogP contribution in [0.15, 0.2) is 0 Å². The highest BCUT2D eigenvalue weighted by Crippen LogP contribution is 2.37. The summed E-state index contributed by atoms with van der Waals surface area (Å²) in [4.78, 5) is 0. The second-order valence-corrected chi connectivity index (χ2v) is 8.52. The number of hydrogen-bond acceptors (Lipinski definition) is 3. The van der Waals surface area contributed by atoms with Crippen LogP contribution in [-0.4, -0.2) is 36.5 Å². The van der Waals surface area contributed by atoms with Crippen LogP contribution < -0.4 is 0 Å². The zero-order valence-electron chi connectivity index (χ0n) is 10.9. The van der Waals surface area contributed by atoms with Crippen LogP contribution in [-0.2, 0) is 4.43 Å². The lowest BCUT2D eigenvalue weighted by atomic mass is 9.80. The third-order valence-electron chi connectivity index (χ3n) is 3.07. The molecule has 1 fully saturated rings. The summed E-state index contributed by atoms with van der Waals surface area (Å²) < 4.78 is 6.01. The largest absolute Gasteiger partial charge is 0.418 e. The second kappa shape index (κ2) is 4.16. The Morgan fingerprint density at radius 2 is 1.53 bits per heavy atom. The highest BCUT2D eigenvalue weighted by Gasteiger charge is 2.45. The summed E-state index contributed by atoms with van der Waals surface area (Å²) in [6.07, 6.45) is 2.14. The van der Waals surface area contributed by atoms with Gasteiger partial charge in [0.25, 0.3) is 0 Å². The number of hydrogen-bond donors (Lipinski definition) is 1. The Kier molecular flexibility index (Phi) is 3.65. The molecule has 0 aromatic rings. The van der Waals surface area contributed by atoms with Crippen LogP contribution in [0, 0.1) is 0 Å². The first kappa shape index (κ1) is 13.2. The Morgan fingerprint density at radius 3 is 1.87 bits per heavy atom. The zero-order valence-corrected chi connectivity index (χ0v) is 12.0. The average molecular weight is 231 g/mol. The Morgan fingerprint density at radius 1 is 1.13 bits per heavy atom. The summed E-state index contributed by atoms with van der Waals surface area (Å²) in [6, 6.07) is 0. The topological polar surface area (TPSA) is 32.7 Å². The Hall–Kier alpha value is 0.0969. The fourth-order valence-electron chi connectivity index (χ4n) is 2.66. The molecule has 1 saturated heterocycles. The predicted molar refractivity (Wildman–Crippen MR) is 64.8 cm³/mol. The van der Waals surface area contributed by atoms with Gasteiger partial charge < -0.3 is 9.63 Å². The van der Waals surface area contributed by atoms with Crippen molar-refractivity contribution in [3.63, 3.8) is 0 Å². The Labute approximate surface area is 95.1 Å². The summed E-state index contributed by atoms with van der Waals surface area (Å²) in [5, 5.41) is 11.6. The van der Waals surface area contributed by atoms with Crippen LogP contribution in [0.2, 0.25) is 13.1 Å². The first-order valence-electron chi connectivity index (χ1n) is 5.80. The van der Waals surface area contributed by atoms with Crippen molar-refractivity contribution in [2.45, 2.75) is 70.8 Å². The van der Waals surface area contributed by atoms with Crippen molar-refractivity contribution in [1.82, 2.24) is 5.06 Å². The predicted octanol–water partition coefficient (Wildman–Crippen LogP) is 2.40. The molecule has 1 aliphatic heterocycles. The monoisotopic (exact) mass is 231 g/mol. The van der Waals surface area contributed by atoms with Crippen molar-refractivity contribution in [1.29, 1.82) is 0 Å². The molecule has 0 aromatic carbocycles. The minimum absolute atomic E-state index is 0.185. The molecule has 0 atom stereocenters. The van der Waals surface area contributed by atoms with Crippen molar-refractivity contribution in [3.05, 3.63) is 0 Å². The van der Waals surface area contributed by atoms with Gasteiger partial charge in [-0.15, -0.1) is 0 Å². The van der Waals surface area contributed by atoms with Gasteiger partial charge in [-0.25, -0.2) is 0 Å². The standard InChI is InChI=1S/C11H25NO2Si/c1-10(2)7-9(14-15(5)6)8-11(3,4)12(10)13/h9,13,15H,7-8H2,1-6H3. The van der Waals surface area contributed by atoms with Gasteiger partial charge in [0, 0.05) is 17.2 Å². The Balaban J connectivity index is 2.75. The molecule has 0 unspecified atom stereocenters. The third kappa shape index (κ3) is 3.03. The van der Waals surface area contributed by atoms with Crippen LogP contribution in [0.25, 0.3) is 0 Å². The van der Waals surface area contributed by atoms with Gasteiger partial charge in [0.1, 0.15) is 0 Å². The van der Waals surface area contributed by atoms with E-state index < -0.39 is 9.04 Å². The van der Waals surface area contributed by atoms with Gasteiger partial charge >= 0.3 is 0 Å². The molecule has 0 spiro atoms. The molecular weight excluding hydrogens is 206 g/mol. The maximum absolute atomic E-state index is 10.1. The normalized spacial score (nSPS) is 27.2. The number of rotatable bonds is 2. The lowest BCUT2D eigenvalue weighted by Gasteiger charge is -2.51. The van der Waals surface area contributed by atoms with Gasteiger partial charge in [-0.05, 0) is 53.6 Å². The minimum Gasteiger partial charge on any atom is -0.418 e. The molecule has 3 nitrogen and oxygen atoms in total. The highest BCUT2D eigenvalue weighted by atomic mass is 28.3. The van der Waals surface area contributed by atoms with Crippen LogP contribution in [0.1, 0.15) is 40.5 Å². The fraction of sp³-hybridized carbons (Fsp3) is 1.00. The van der Waals surface area contributed by atoms with Crippen LogP contribution in [0.5, 0.6) is 0 Å². The molecule has 4 heteroatoms. The van der Waals surface area contributed by atoms with E-state index >= 15 is 0 Å². The summed E-state index contributed by atoms with van der Waals surface area (Å²) in [6.45, 7) is 12.7. The van der Waals surface area contributed by atoms with E-state index in [0.717, 1.165) is 12.8 Å². The second-order valence-electron chi connectivity index (χ2n) is 6.15. The van der Waals surface area contributed by atoms with E-state index in [1.807, 2.05) is 0 Å². The van der Waals surface area contributed by atoms with E-state index in [0.29, 0.717) is 6.10 Å². The molecule has 0 saturated carbocycles. The van der Waals surface area contributed by atoms with E-state index in [1.165, 1.54) is 5.06 Å². The molecule has 1 N–H and O–H groups in total. The highest BCUT2D eigenvalue weighted by molar-refractivity contribution is 6.48. The summed E-state index contributed by atoms with van der Waals surface area (Å²) in [7, 11) is -0.980. The van der Waals surface area contributed by atoms with Crippen molar-refractivity contribution < 1.29 is 9.63 Å². The molecule has 0 aromatic heterocycles. The third-order valence-corrected chi connectivity index (χ3v) is 4.00. The van der Waals surface area contributed by atoms with Gasteiger partial charge in [-0.1, -0.05) is 0 Å². The molecule has 0 aliphatic carbocycles. The summed E-state index contributed by atoms with van der Waals surface area (Å²) in [5.74, 6) is 0. The molecule has 1 heterocycles. The van der Waals surface area contributed by atoms with E-state index in [1.54, 1.807) is 0 Å². The SMILES string of the molecule is C[SiH](C)OC1CC(C)(C)N(O)C(C)(C)C1. The van der Waals surface area contributed by atoms with Crippen LogP contribution in [0.3, 0.4) is 0 Å². The van der Waals surface area contributed by atoms with E-state index in [2.05, 4.69) is 40.8 Å². The zero-order chi connectivity index (χ0) is 11.9. The molecule has 0 amide bonds. The quantitative estimate of drug-likeness (QED) is 0.741. The first-order chi connectivity index (χ1) is 6.65. The van der Waals surface area contributed by atoms with Gasteiger partial charge in [-0.2, -0.15) is 5.06 Å². The van der Waals surface area contributed by atoms with Gasteiger partial charge in [0.2, 0.25) is 0 Å². The van der Waals surface area contributed by atoms with Crippen LogP contribution in [0.4, 0.5) is 0 Å². The van der Waals surface area contributed by atoms with Crippen molar-refractivity contribution in [2.75, 3.05) is 0 Å². The molecule has 1 aliphatic rings. The van der Waals surface area contributed by atoms with Crippen molar-refractivity contribution in [3.8, 4) is 0 Å². The molecule has 1 rings (SSSR count). The van der Waals surface area contributed by atoms with Gasteiger partial charge in [0.15, 0.2) is 9.04 Å².